The van der Waals surface area contributed by atoms with Crippen molar-refractivity contribution in [3.8, 4) is 0 Å². The first-order chi connectivity index (χ1) is 4.27. The Morgan fingerprint density at radius 2 is 2.44 bits per heavy atom. The molecule has 3 heteroatoms. The van der Waals surface area contributed by atoms with E-state index in [0.29, 0.717) is 6.54 Å². The summed E-state index contributed by atoms with van der Waals surface area (Å²) in [5.41, 5.74) is 0. The molecule has 0 rings (SSSR count). The number of hydrogen-bond acceptors (Lipinski definition) is 2. The number of carbonyl (C=O) groups is 1. The lowest BCUT2D eigenvalue weighted by Gasteiger charge is -1.93. The first-order valence-electron chi connectivity index (χ1n) is 2.83. The summed E-state index contributed by atoms with van der Waals surface area (Å²) in [6.45, 7) is 2.37. The van der Waals surface area contributed by atoms with Gasteiger partial charge in [-0.25, -0.2) is 0 Å². The number of nitrogens with one attached hydrogen (secondary N) is 1. The van der Waals surface area contributed by atoms with Gasteiger partial charge in [-0.3, -0.25) is 4.79 Å². The number of allylic oxidation sites excluding steroid dienone is 1. The topological polar surface area (TPSA) is 49.3 Å². The van der Waals surface area contributed by atoms with Crippen molar-refractivity contribution in [2.75, 3.05) is 6.54 Å². The lowest BCUT2D eigenvalue weighted by Crippen LogP contribution is -2.11. The van der Waals surface area contributed by atoms with Crippen LogP contribution in [0.3, 0.4) is 0 Å². The van der Waals surface area contributed by atoms with Crippen LogP contribution >= 0.6 is 0 Å². The zero-order valence-corrected chi connectivity index (χ0v) is 5.42. The molecule has 0 amide bonds. The lowest BCUT2D eigenvalue weighted by molar-refractivity contribution is -0.136. The largest absolute Gasteiger partial charge is 0.481 e. The van der Waals surface area contributed by atoms with E-state index in [1.165, 1.54) is 0 Å². The highest BCUT2D eigenvalue weighted by atomic mass is 16.4. The van der Waals surface area contributed by atoms with E-state index in [4.69, 9.17) is 5.11 Å². The fourth-order valence-corrected chi connectivity index (χ4v) is 0.380. The second kappa shape index (κ2) is 5.15. The third-order valence-electron chi connectivity index (χ3n) is 0.768. The van der Waals surface area contributed by atoms with Gasteiger partial charge in [-0.2, -0.15) is 0 Å². The molecule has 0 atom stereocenters. The van der Waals surface area contributed by atoms with E-state index in [1.807, 2.05) is 13.0 Å². The van der Waals surface area contributed by atoms with Gasteiger partial charge in [0.2, 0.25) is 0 Å². The molecule has 0 saturated carbocycles. The average Bonchev–Trinajstić information content (AvgIpc) is 1.80. The van der Waals surface area contributed by atoms with Crippen LogP contribution in [-0.4, -0.2) is 17.6 Å². The van der Waals surface area contributed by atoms with Gasteiger partial charge in [-0.1, -0.05) is 6.08 Å². The smallest absolute Gasteiger partial charge is 0.305 e. The highest BCUT2D eigenvalue weighted by molar-refractivity contribution is 5.66. The van der Waals surface area contributed by atoms with Crippen LogP contribution in [0.4, 0.5) is 0 Å². The standard InChI is InChI=1S/C6H11NO2/c1-2-4-7-5-3-6(8)9/h2,4,7H,3,5H2,1H3,(H,8,9). The number of rotatable bonds is 4. The molecule has 0 spiro atoms. The molecular formula is C6H11NO2. The Hall–Kier alpha value is -0.990. The Bertz CT molecular complexity index is 110. The second-order valence-corrected chi connectivity index (χ2v) is 1.60. The molecule has 0 unspecified atom stereocenters. The van der Waals surface area contributed by atoms with Gasteiger partial charge < -0.3 is 10.4 Å². The van der Waals surface area contributed by atoms with Gasteiger partial charge in [0, 0.05) is 6.54 Å². The summed E-state index contributed by atoms with van der Waals surface area (Å²) in [6, 6.07) is 0. The Balaban J connectivity index is 3.01. The highest BCUT2D eigenvalue weighted by Gasteiger charge is 1.91. The summed E-state index contributed by atoms with van der Waals surface area (Å²) in [4.78, 5) is 9.90. The van der Waals surface area contributed by atoms with Crippen molar-refractivity contribution in [1.82, 2.24) is 5.32 Å². The molecule has 0 bridgehead atoms. The molecule has 0 aliphatic heterocycles. The molecule has 0 aliphatic rings. The van der Waals surface area contributed by atoms with Crippen molar-refractivity contribution in [3.63, 3.8) is 0 Å². The van der Waals surface area contributed by atoms with Crippen LogP contribution in [0.5, 0.6) is 0 Å². The lowest BCUT2D eigenvalue weighted by atomic mass is 10.4. The first kappa shape index (κ1) is 8.01. The predicted octanol–water partition coefficient (Wildman–Crippen LogP) is 0.584. The fourth-order valence-electron chi connectivity index (χ4n) is 0.380. The second-order valence-electron chi connectivity index (χ2n) is 1.60. The summed E-state index contributed by atoms with van der Waals surface area (Å²) >= 11 is 0. The molecule has 0 radical (unpaired) electrons. The van der Waals surface area contributed by atoms with Crippen molar-refractivity contribution < 1.29 is 9.90 Å². The molecule has 2 N–H and O–H groups in total. The quantitative estimate of drug-likeness (QED) is 0.546. The van der Waals surface area contributed by atoms with E-state index in [2.05, 4.69) is 5.32 Å². The van der Waals surface area contributed by atoms with E-state index >= 15 is 0 Å². The third-order valence-corrected chi connectivity index (χ3v) is 0.768. The molecule has 9 heavy (non-hydrogen) atoms. The molecule has 0 aromatic carbocycles. The molecule has 0 heterocycles. The van der Waals surface area contributed by atoms with Crippen LogP contribution in [0.15, 0.2) is 12.3 Å². The van der Waals surface area contributed by atoms with Gasteiger partial charge in [-0.15, -0.1) is 0 Å². The third kappa shape index (κ3) is 7.01. The minimum atomic E-state index is -0.771. The van der Waals surface area contributed by atoms with Crippen LogP contribution in [0.25, 0.3) is 0 Å². The normalized spacial score (nSPS) is 9.89. The summed E-state index contributed by atoms with van der Waals surface area (Å²) in [5, 5.41) is 11.0. The van der Waals surface area contributed by atoms with Gasteiger partial charge in [0.25, 0.3) is 0 Å². The van der Waals surface area contributed by atoms with Crippen LogP contribution in [0.2, 0.25) is 0 Å². The van der Waals surface area contributed by atoms with E-state index in [-0.39, 0.29) is 6.42 Å². The van der Waals surface area contributed by atoms with Gasteiger partial charge >= 0.3 is 5.97 Å². The van der Waals surface area contributed by atoms with E-state index < -0.39 is 5.97 Å². The summed E-state index contributed by atoms with van der Waals surface area (Å²) < 4.78 is 0. The number of carboxylic acids is 1. The zero-order chi connectivity index (χ0) is 7.11. The molecule has 0 aliphatic carbocycles. The van der Waals surface area contributed by atoms with Gasteiger partial charge in [0.05, 0.1) is 6.42 Å². The Kier molecular flexibility index (Phi) is 4.59. The number of hydrogen-bond donors (Lipinski definition) is 2. The Morgan fingerprint density at radius 1 is 1.78 bits per heavy atom. The van der Waals surface area contributed by atoms with Gasteiger partial charge in [0.1, 0.15) is 0 Å². The molecule has 0 fully saturated rings. The van der Waals surface area contributed by atoms with E-state index in [1.54, 1.807) is 6.20 Å². The van der Waals surface area contributed by atoms with Crippen LogP contribution in [0.1, 0.15) is 13.3 Å². The van der Waals surface area contributed by atoms with Crippen LogP contribution in [0, 0.1) is 0 Å². The maximum absolute atomic E-state index is 9.90. The summed E-state index contributed by atoms with van der Waals surface area (Å²) in [7, 11) is 0. The zero-order valence-electron chi connectivity index (χ0n) is 5.42. The van der Waals surface area contributed by atoms with Crippen molar-refractivity contribution in [2.45, 2.75) is 13.3 Å². The molecule has 0 aromatic rings. The minimum Gasteiger partial charge on any atom is -0.481 e. The fraction of sp³-hybridized carbons (Fsp3) is 0.500. The first-order valence-corrected chi connectivity index (χ1v) is 2.83. The van der Waals surface area contributed by atoms with Gasteiger partial charge in [-0.05, 0) is 13.1 Å². The number of carboxylic acid groups (broad SMARTS) is 1. The maximum atomic E-state index is 9.90. The van der Waals surface area contributed by atoms with Crippen molar-refractivity contribution in [3.05, 3.63) is 12.3 Å². The predicted molar refractivity (Wildman–Crippen MR) is 35.1 cm³/mol. The molecular weight excluding hydrogens is 118 g/mol. The van der Waals surface area contributed by atoms with Crippen molar-refractivity contribution >= 4 is 5.97 Å². The molecule has 3 nitrogen and oxygen atoms in total. The Morgan fingerprint density at radius 3 is 2.89 bits per heavy atom. The van der Waals surface area contributed by atoms with Crippen LogP contribution in [-0.2, 0) is 4.79 Å². The molecule has 52 valence electrons. The monoisotopic (exact) mass is 129 g/mol. The molecule has 0 aromatic heterocycles. The summed E-state index contributed by atoms with van der Waals surface area (Å²) in [5.74, 6) is -0.771. The molecule has 0 saturated heterocycles. The average molecular weight is 129 g/mol. The maximum Gasteiger partial charge on any atom is 0.305 e. The number of aliphatic carboxylic acids is 1. The van der Waals surface area contributed by atoms with Crippen LogP contribution < -0.4 is 5.32 Å². The summed E-state index contributed by atoms with van der Waals surface area (Å²) in [6.07, 6.45) is 3.72. The highest BCUT2D eigenvalue weighted by Crippen LogP contribution is 1.74. The van der Waals surface area contributed by atoms with Crippen molar-refractivity contribution in [2.24, 2.45) is 0 Å². The van der Waals surface area contributed by atoms with Gasteiger partial charge in [0.15, 0.2) is 0 Å². The van der Waals surface area contributed by atoms with E-state index in [9.17, 15) is 4.79 Å². The Labute approximate surface area is 54.4 Å². The van der Waals surface area contributed by atoms with Crippen molar-refractivity contribution in [1.29, 1.82) is 0 Å². The minimum absolute atomic E-state index is 0.171. The SMILES string of the molecule is CC=CNCCC(=O)O. The van der Waals surface area contributed by atoms with E-state index in [0.717, 1.165) is 0 Å².